The van der Waals surface area contributed by atoms with Gasteiger partial charge in [0.05, 0.1) is 5.69 Å². The number of nitrogens with zero attached hydrogens (tertiary/aromatic N) is 2. The molecule has 0 bridgehead atoms. The minimum Gasteiger partial charge on any atom is -0.368 e. The monoisotopic (exact) mass is 566 g/mol. The second-order valence-electron chi connectivity index (χ2n) is 10.1. The summed E-state index contributed by atoms with van der Waals surface area (Å²) < 4.78 is 31.0. The molecule has 3 aromatic rings. The Morgan fingerprint density at radius 2 is 1.72 bits per heavy atom. The van der Waals surface area contributed by atoms with Crippen molar-refractivity contribution < 1.29 is 13.2 Å². The number of anilines is 2. The summed E-state index contributed by atoms with van der Waals surface area (Å²) >= 11 is 6.44. The number of sulfonamides is 1. The van der Waals surface area contributed by atoms with Crippen molar-refractivity contribution in [1.29, 1.82) is 0 Å². The Kier molecular flexibility index (Phi) is 8.57. The molecule has 1 saturated heterocycles. The molecule has 1 heterocycles. The summed E-state index contributed by atoms with van der Waals surface area (Å²) in [6, 6.07) is 21.9. The number of fused-ring (bicyclic) bond motifs is 1. The smallest absolute Gasteiger partial charge is 0.246 e. The second kappa shape index (κ2) is 12.1. The molecule has 7 nitrogen and oxygen atoms in total. The highest BCUT2D eigenvalue weighted by molar-refractivity contribution is 7.89. The van der Waals surface area contributed by atoms with Gasteiger partial charge >= 0.3 is 0 Å². The third-order valence-electron chi connectivity index (χ3n) is 7.67. The summed E-state index contributed by atoms with van der Waals surface area (Å²) in [4.78, 5) is 17.6. The van der Waals surface area contributed by atoms with Crippen LogP contribution in [0.25, 0.3) is 0 Å². The van der Waals surface area contributed by atoms with Crippen LogP contribution in [-0.4, -0.2) is 51.9 Å². The highest BCUT2D eigenvalue weighted by Crippen LogP contribution is 2.34. The number of aryl methyl sites for hydroxylation is 1. The Bertz CT molecular complexity index is 1410. The fraction of sp³-hybridized carbons (Fsp3) is 0.367. The van der Waals surface area contributed by atoms with Crippen LogP contribution in [0.1, 0.15) is 47.9 Å². The fourth-order valence-corrected chi connectivity index (χ4v) is 7.18. The molecular formula is C30H35ClN4O3S. The highest BCUT2D eigenvalue weighted by atomic mass is 35.5. The fourth-order valence-electron chi connectivity index (χ4n) is 5.48. The first-order chi connectivity index (χ1) is 18.9. The first kappa shape index (κ1) is 27.6. The third-order valence-corrected chi connectivity index (χ3v) is 9.62. The summed E-state index contributed by atoms with van der Waals surface area (Å²) in [5.41, 5.74) is 3.92. The van der Waals surface area contributed by atoms with Gasteiger partial charge in [-0.25, -0.2) is 13.1 Å². The van der Waals surface area contributed by atoms with Gasteiger partial charge in [-0.15, -0.1) is 11.6 Å². The number of likely N-dealkylation sites (N-methyl/N-ethyl adjacent to an activating group) is 1. The average Bonchev–Trinajstić information content (AvgIpc) is 2.97. The topological polar surface area (TPSA) is 81.8 Å². The molecular weight excluding hydrogens is 532 g/mol. The number of carbonyl (C=O) groups excluding carboxylic acids is 1. The molecule has 0 saturated carbocycles. The van der Waals surface area contributed by atoms with E-state index in [1.54, 1.807) is 30.3 Å². The molecule has 1 aliphatic heterocycles. The van der Waals surface area contributed by atoms with Crippen LogP contribution in [0.15, 0.2) is 77.7 Å². The highest BCUT2D eigenvalue weighted by Gasteiger charge is 2.30. The van der Waals surface area contributed by atoms with Crippen LogP contribution < -0.4 is 14.9 Å². The van der Waals surface area contributed by atoms with E-state index in [9.17, 15) is 13.2 Å². The lowest BCUT2D eigenvalue weighted by Crippen LogP contribution is -2.46. The van der Waals surface area contributed by atoms with Gasteiger partial charge in [0.15, 0.2) is 0 Å². The first-order valence-electron chi connectivity index (χ1n) is 13.6. The summed E-state index contributed by atoms with van der Waals surface area (Å²) in [7, 11) is -3.92. The number of nitrogens with one attached hydrogen (secondary N) is 2. The molecule has 2 aliphatic rings. The van der Waals surface area contributed by atoms with Crippen molar-refractivity contribution in [2.45, 2.75) is 42.5 Å². The molecule has 9 heteroatoms. The molecule has 1 amide bonds. The van der Waals surface area contributed by atoms with Gasteiger partial charge in [0.2, 0.25) is 15.9 Å². The lowest BCUT2D eigenvalue weighted by molar-refractivity contribution is -0.116. The van der Waals surface area contributed by atoms with Gasteiger partial charge in [-0.1, -0.05) is 61.5 Å². The number of benzene rings is 3. The zero-order chi connectivity index (χ0) is 27.4. The van der Waals surface area contributed by atoms with E-state index in [1.165, 1.54) is 5.56 Å². The van der Waals surface area contributed by atoms with E-state index in [0.717, 1.165) is 57.5 Å². The Morgan fingerprint density at radius 1 is 1.00 bits per heavy atom. The molecule has 206 valence electrons. The van der Waals surface area contributed by atoms with Gasteiger partial charge in [-0.2, -0.15) is 0 Å². The maximum absolute atomic E-state index is 14.0. The number of hydrogen-bond acceptors (Lipinski definition) is 5. The summed E-state index contributed by atoms with van der Waals surface area (Å²) in [6.45, 7) is 6.28. The summed E-state index contributed by atoms with van der Waals surface area (Å²) in [5, 5.41) is 1.93. The van der Waals surface area contributed by atoms with Crippen molar-refractivity contribution in [1.82, 2.24) is 9.62 Å². The number of piperazine rings is 1. The largest absolute Gasteiger partial charge is 0.368 e. The maximum atomic E-state index is 14.0. The Balaban J connectivity index is 1.45. The van der Waals surface area contributed by atoms with Gasteiger partial charge in [-0.05, 0) is 60.7 Å². The quantitative estimate of drug-likeness (QED) is 0.371. The SMILES string of the molecule is CCN1CCN(c2ccc(NC(=O)[C@@H](Cl)c3ccccc3)cc2S(=O)(=O)N[C@@H]2CCCc3ccccc32)CC1. The van der Waals surface area contributed by atoms with Crippen LogP contribution in [-0.2, 0) is 21.2 Å². The molecule has 2 atom stereocenters. The molecule has 0 aromatic heterocycles. The van der Waals surface area contributed by atoms with Gasteiger partial charge in [0.1, 0.15) is 10.3 Å². The van der Waals surface area contributed by atoms with Gasteiger partial charge < -0.3 is 15.1 Å². The predicted molar refractivity (Wildman–Crippen MR) is 157 cm³/mol. The van der Waals surface area contributed by atoms with Crippen molar-refractivity contribution in [2.75, 3.05) is 42.9 Å². The van der Waals surface area contributed by atoms with Crippen LogP contribution >= 0.6 is 11.6 Å². The van der Waals surface area contributed by atoms with E-state index in [0.29, 0.717) is 16.9 Å². The molecule has 0 unspecified atom stereocenters. The first-order valence-corrected chi connectivity index (χ1v) is 15.5. The standard InChI is InChI=1S/C30H35ClN4O3S/c1-2-34-17-19-35(20-18-34)27-16-15-24(32-30(36)29(31)23-10-4-3-5-11-23)21-28(27)39(37,38)33-26-14-8-12-22-9-6-7-13-25(22)26/h3-7,9-11,13,15-16,21,26,29,33H,2,8,12,14,17-20H2,1H3,(H,32,36)/t26-,29+/m1/s1. The van der Waals surface area contributed by atoms with Crippen LogP contribution in [0.2, 0.25) is 0 Å². The van der Waals surface area contributed by atoms with Crippen molar-refractivity contribution in [3.63, 3.8) is 0 Å². The van der Waals surface area contributed by atoms with Crippen molar-refractivity contribution in [2.24, 2.45) is 0 Å². The molecule has 1 aliphatic carbocycles. The molecule has 1 fully saturated rings. The maximum Gasteiger partial charge on any atom is 0.246 e. The van der Waals surface area contributed by atoms with Crippen molar-refractivity contribution in [3.8, 4) is 0 Å². The molecule has 5 rings (SSSR count). The average molecular weight is 567 g/mol. The van der Waals surface area contributed by atoms with Crippen LogP contribution in [0.5, 0.6) is 0 Å². The molecule has 0 radical (unpaired) electrons. The third kappa shape index (κ3) is 6.30. The zero-order valence-corrected chi connectivity index (χ0v) is 23.7. The Morgan fingerprint density at radius 3 is 2.46 bits per heavy atom. The normalized spacial score (nSPS) is 18.8. The number of amides is 1. The predicted octanol–water partition coefficient (Wildman–Crippen LogP) is 5.10. The number of rotatable bonds is 8. The number of hydrogen-bond donors (Lipinski definition) is 2. The van der Waals surface area contributed by atoms with Crippen LogP contribution in [0.4, 0.5) is 11.4 Å². The van der Waals surface area contributed by atoms with Crippen molar-refractivity contribution in [3.05, 3.63) is 89.5 Å². The summed E-state index contributed by atoms with van der Waals surface area (Å²) in [6.07, 6.45) is 2.61. The van der Waals surface area contributed by atoms with Crippen molar-refractivity contribution >= 4 is 38.9 Å². The van der Waals surface area contributed by atoms with E-state index >= 15 is 0 Å². The summed E-state index contributed by atoms with van der Waals surface area (Å²) in [5.74, 6) is -0.412. The number of alkyl halides is 1. The Hall–Kier alpha value is -2.91. The molecule has 39 heavy (non-hydrogen) atoms. The van der Waals surface area contributed by atoms with Crippen LogP contribution in [0, 0.1) is 0 Å². The lowest BCUT2D eigenvalue weighted by atomic mass is 9.88. The molecule has 0 spiro atoms. The minimum absolute atomic E-state index is 0.166. The van der Waals surface area contributed by atoms with E-state index in [1.807, 2.05) is 36.4 Å². The minimum atomic E-state index is -3.92. The van der Waals surface area contributed by atoms with E-state index in [4.69, 9.17) is 11.6 Å². The van der Waals surface area contributed by atoms with Gasteiger partial charge in [-0.3, -0.25) is 4.79 Å². The van der Waals surface area contributed by atoms with E-state index < -0.39 is 21.3 Å². The van der Waals surface area contributed by atoms with Crippen LogP contribution in [0.3, 0.4) is 0 Å². The zero-order valence-electron chi connectivity index (χ0n) is 22.1. The van der Waals surface area contributed by atoms with Gasteiger partial charge in [0.25, 0.3) is 0 Å². The number of halogens is 1. The molecule has 2 N–H and O–H groups in total. The lowest BCUT2D eigenvalue weighted by Gasteiger charge is -2.36. The number of carbonyl (C=O) groups is 1. The van der Waals surface area contributed by atoms with E-state index in [-0.39, 0.29) is 10.9 Å². The van der Waals surface area contributed by atoms with E-state index in [2.05, 4.69) is 32.8 Å². The van der Waals surface area contributed by atoms with Gasteiger partial charge in [0, 0.05) is 37.9 Å². The molecule has 3 aromatic carbocycles. The Labute approximate surface area is 236 Å². The second-order valence-corrected chi connectivity index (χ2v) is 12.3.